The lowest BCUT2D eigenvalue weighted by molar-refractivity contribution is 0.593. The van der Waals surface area contributed by atoms with E-state index >= 15 is 0 Å². The van der Waals surface area contributed by atoms with Crippen LogP contribution in [0.5, 0.6) is 0 Å². The van der Waals surface area contributed by atoms with Crippen molar-refractivity contribution >= 4 is 27.4 Å². The summed E-state index contributed by atoms with van der Waals surface area (Å²) in [5.41, 5.74) is 0.535. The molecule has 22 heavy (non-hydrogen) atoms. The molecule has 1 saturated carbocycles. The van der Waals surface area contributed by atoms with Gasteiger partial charge in [0.15, 0.2) is 0 Å². The molecule has 0 aliphatic heterocycles. The van der Waals surface area contributed by atoms with E-state index in [2.05, 4.69) is 9.97 Å². The number of aromatic nitrogens is 2. The van der Waals surface area contributed by atoms with Crippen molar-refractivity contribution in [2.45, 2.75) is 30.6 Å². The molecule has 0 atom stereocenters. The predicted octanol–water partition coefficient (Wildman–Crippen LogP) is 3.14. The maximum Gasteiger partial charge on any atom is 0.265 e. The minimum Gasteiger partial charge on any atom is -0.253 e. The fraction of sp³-hybridized carbons (Fsp3) is 0.333. The molecule has 0 spiro atoms. The second kappa shape index (κ2) is 5.52. The van der Waals surface area contributed by atoms with Crippen LogP contribution in [0.15, 0.2) is 35.4 Å². The molecule has 0 unspecified atom stereocenters. The van der Waals surface area contributed by atoms with Gasteiger partial charge < -0.3 is 0 Å². The van der Waals surface area contributed by atoms with E-state index in [9.17, 15) is 8.42 Å². The lowest BCUT2D eigenvalue weighted by Gasteiger charge is -2.20. The van der Waals surface area contributed by atoms with E-state index in [1.807, 2.05) is 0 Å². The van der Waals surface area contributed by atoms with E-state index in [0.29, 0.717) is 28.1 Å². The fourth-order valence-corrected chi connectivity index (χ4v) is 3.84. The van der Waals surface area contributed by atoms with Gasteiger partial charge in [-0.05, 0) is 37.5 Å². The third-order valence-electron chi connectivity index (χ3n) is 3.78. The topological polar surface area (TPSA) is 63.2 Å². The first kappa shape index (κ1) is 15.2. The Morgan fingerprint density at radius 2 is 2.00 bits per heavy atom. The average Bonchev–Trinajstić information content (AvgIpc) is 3.34. The largest absolute Gasteiger partial charge is 0.265 e. The van der Waals surface area contributed by atoms with Gasteiger partial charge >= 0.3 is 0 Å². The first-order valence-electron chi connectivity index (χ1n) is 6.98. The number of nitrogens with zero attached hydrogens (tertiary/aromatic N) is 3. The summed E-state index contributed by atoms with van der Waals surface area (Å²) in [4.78, 5) is 8.79. The minimum absolute atomic E-state index is 0.189. The molecule has 5 nitrogen and oxygen atoms in total. The van der Waals surface area contributed by atoms with Gasteiger partial charge in [-0.2, -0.15) is 0 Å². The van der Waals surface area contributed by atoms with Crippen LogP contribution in [0.2, 0.25) is 5.02 Å². The molecule has 0 bridgehead atoms. The molecule has 0 N–H and O–H groups in total. The molecule has 1 aliphatic rings. The first-order valence-corrected chi connectivity index (χ1v) is 8.80. The van der Waals surface area contributed by atoms with Crippen molar-refractivity contribution in [3.63, 3.8) is 0 Å². The zero-order valence-electron chi connectivity index (χ0n) is 12.3. The number of rotatable bonds is 4. The van der Waals surface area contributed by atoms with E-state index in [-0.39, 0.29) is 4.90 Å². The van der Waals surface area contributed by atoms with Gasteiger partial charge in [0.1, 0.15) is 11.6 Å². The summed E-state index contributed by atoms with van der Waals surface area (Å²) in [6.45, 7) is 1.69. The summed E-state index contributed by atoms with van der Waals surface area (Å²) in [7, 11) is -2.21. The molecule has 1 aromatic carbocycles. The Balaban J connectivity index is 2.01. The standard InChI is InChI=1S/C15H16ClN3O2S/c1-10-12(16)4-3-5-13(10)22(20,21)19(2)14-8-9-17-15(18-14)11-6-7-11/h3-5,8-9,11H,6-7H2,1-2H3. The number of hydrogen-bond donors (Lipinski definition) is 0. The highest BCUT2D eigenvalue weighted by Crippen LogP contribution is 2.38. The second-order valence-corrected chi connectivity index (χ2v) is 7.73. The van der Waals surface area contributed by atoms with Crippen molar-refractivity contribution in [1.82, 2.24) is 9.97 Å². The zero-order chi connectivity index (χ0) is 15.9. The van der Waals surface area contributed by atoms with E-state index < -0.39 is 10.0 Å². The normalized spacial score (nSPS) is 14.9. The van der Waals surface area contributed by atoms with Crippen LogP contribution < -0.4 is 4.31 Å². The number of halogens is 1. The van der Waals surface area contributed by atoms with Gasteiger partial charge in [-0.15, -0.1) is 0 Å². The molecule has 1 fully saturated rings. The van der Waals surface area contributed by atoms with E-state index in [4.69, 9.17) is 11.6 Å². The molecule has 0 amide bonds. The number of anilines is 1. The Labute approximate surface area is 135 Å². The van der Waals surface area contributed by atoms with Gasteiger partial charge in [0.25, 0.3) is 10.0 Å². The van der Waals surface area contributed by atoms with E-state index in [1.165, 1.54) is 11.4 Å². The van der Waals surface area contributed by atoms with Crippen LogP contribution in [0.1, 0.15) is 30.1 Å². The molecule has 116 valence electrons. The van der Waals surface area contributed by atoms with E-state index in [1.54, 1.807) is 37.4 Å². The fourth-order valence-electron chi connectivity index (χ4n) is 2.22. The summed E-state index contributed by atoms with van der Waals surface area (Å²) in [5.74, 6) is 1.45. The quantitative estimate of drug-likeness (QED) is 0.859. The molecule has 0 radical (unpaired) electrons. The Morgan fingerprint density at radius 3 is 2.68 bits per heavy atom. The van der Waals surface area contributed by atoms with Crippen LogP contribution in [0.25, 0.3) is 0 Å². The highest BCUT2D eigenvalue weighted by Gasteiger charge is 2.29. The Bertz CT molecular complexity index is 819. The smallest absolute Gasteiger partial charge is 0.253 e. The van der Waals surface area contributed by atoms with Gasteiger partial charge in [-0.3, -0.25) is 4.31 Å². The monoisotopic (exact) mass is 337 g/mol. The lowest BCUT2D eigenvalue weighted by Crippen LogP contribution is -2.28. The van der Waals surface area contributed by atoms with Crippen molar-refractivity contribution in [3.05, 3.63) is 46.9 Å². The summed E-state index contributed by atoms with van der Waals surface area (Å²) in [6, 6.07) is 6.46. The molecule has 2 aromatic rings. The zero-order valence-corrected chi connectivity index (χ0v) is 13.9. The van der Waals surface area contributed by atoms with Crippen LogP contribution in [0.3, 0.4) is 0 Å². The minimum atomic E-state index is -3.71. The molecular formula is C15H16ClN3O2S. The molecule has 3 rings (SSSR count). The number of benzene rings is 1. The summed E-state index contributed by atoms with van der Waals surface area (Å²) >= 11 is 6.04. The molecule has 1 heterocycles. The Hall–Kier alpha value is -1.66. The predicted molar refractivity (Wildman–Crippen MR) is 85.8 cm³/mol. The van der Waals surface area contributed by atoms with Crippen molar-refractivity contribution in [2.24, 2.45) is 0 Å². The van der Waals surface area contributed by atoms with Crippen molar-refractivity contribution in [2.75, 3.05) is 11.4 Å². The van der Waals surface area contributed by atoms with E-state index in [0.717, 1.165) is 12.8 Å². The maximum atomic E-state index is 12.8. The van der Waals surface area contributed by atoms with Crippen LogP contribution in [0, 0.1) is 6.92 Å². The van der Waals surface area contributed by atoms with Gasteiger partial charge in [0, 0.05) is 30.3 Å². The van der Waals surface area contributed by atoms with Crippen LogP contribution >= 0.6 is 11.6 Å². The highest BCUT2D eigenvalue weighted by molar-refractivity contribution is 7.92. The molecular weight excluding hydrogens is 322 g/mol. The van der Waals surface area contributed by atoms with Crippen molar-refractivity contribution in [1.29, 1.82) is 0 Å². The van der Waals surface area contributed by atoms with Crippen LogP contribution in [-0.2, 0) is 10.0 Å². The van der Waals surface area contributed by atoms with Gasteiger partial charge in [-0.25, -0.2) is 18.4 Å². The average molecular weight is 338 g/mol. The summed E-state index contributed by atoms with van der Waals surface area (Å²) in [6.07, 6.45) is 3.73. The van der Waals surface area contributed by atoms with Gasteiger partial charge in [0.05, 0.1) is 4.90 Å². The summed E-state index contributed by atoms with van der Waals surface area (Å²) < 4.78 is 26.8. The molecule has 0 saturated heterocycles. The third-order valence-corrected chi connectivity index (χ3v) is 6.10. The van der Waals surface area contributed by atoms with Crippen LogP contribution in [-0.4, -0.2) is 25.4 Å². The number of hydrogen-bond acceptors (Lipinski definition) is 4. The Morgan fingerprint density at radius 1 is 1.27 bits per heavy atom. The highest BCUT2D eigenvalue weighted by atomic mass is 35.5. The van der Waals surface area contributed by atoms with Crippen molar-refractivity contribution < 1.29 is 8.42 Å². The Kier molecular flexibility index (Phi) is 3.82. The van der Waals surface area contributed by atoms with Crippen LogP contribution in [0.4, 0.5) is 5.82 Å². The van der Waals surface area contributed by atoms with Crippen molar-refractivity contribution in [3.8, 4) is 0 Å². The molecule has 1 aromatic heterocycles. The second-order valence-electron chi connectivity index (χ2n) is 5.38. The molecule has 7 heteroatoms. The summed E-state index contributed by atoms with van der Waals surface area (Å²) in [5, 5.41) is 0.427. The molecule has 1 aliphatic carbocycles. The first-order chi connectivity index (χ1) is 10.4. The SMILES string of the molecule is Cc1c(Cl)cccc1S(=O)(=O)N(C)c1ccnc(C2CC2)n1. The van der Waals surface area contributed by atoms with Gasteiger partial charge in [-0.1, -0.05) is 17.7 Å². The maximum absolute atomic E-state index is 12.8. The third kappa shape index (κ3) is 2.68. The number of sulfonamides is 1. The lowest BCUT2D eigenvalue weighted by atomic mass is 10.2. The van der Waals surface area contributed by atoms with Gasteiger partial charge in [0.2, 0.25) is 0 Å².